The quantitative estimate of drug-likeness (QED) is 0.515. The molecule has 0 spiro atoms. The van der Waals surface area contributed by atoms with Crippen LogP contribution in [-0.2, 0) is 0 Å². The lowest BCUT2D eigenvalue weighted by atomic mass is 10.0. The average Bonchev–Trinajstić information content (AvgIpc) is 2.08. The monoisotopic (exact) mass is 176 g/mol. The molecule has 0 aromatic heterocycles. The highest BCUT2D eigenvalue weighted by molar-refractivity contribution is 5.97. The van der Waals surface area contributed by atoms with Gasteiger partial charge in [0.05, 0.1) is 0 Å². The van der Waals surface area contributed by atoms with Crippen molar-refractivity contribution in [1.82, 2.24) is 4.90 Å². The maximum atomic E-state index is 7.85. The Balaban J connectivity index is 3.13. The van der Waals surface area contributed by atoms with Gasteiger partial charge in [-0.05, 0) is 25.5 Å². The summed E-state index contributed by atoms with van der Waals surface area (Å²) in [6.45, 7) is 4.08. The minimum absolute atomic E-state index is 0.571. The number of nitrogens with zero attached hydrogens (tertiary/aromatic N) is 1. The van der Waals surface area contributed by atoms with Crippen molar-refractivity contribution < 1.29 is 0 Å². The largest absolute Gasteiger partial charge is 0.363 e. The molecule has 0 atom stereocenters. The molecule has 1 aromatic rings. The van der Waals surface area contributed by atoms with Crippen molar-refractivity contribution in [3.05, 3.63) is 34.9 Å². The molecule has 0 aliphatic rings. The SMILES string of the molecule is Cc1ccc(C)c(C(=N)N(C)C)c1. The van der Waals surface area contributed by atoms with Gasteiger partial charge in [0.2, 0.25) is 0 Å². The summed E-state index contributed by atoms with van der Waals surface area (Å²) in [5.41, 5.74) is 3.38. The van der Waals surface area contributed by atoms with E-state index in [-0.39, 0.29) is 0 Å². The summed E-state index contributed by atoms with van der Waals surface area (Å²) >= 11 is 0. The third-order valence-electron chi connectivity index (χ3n) is 2.10. The third kappa shape index (κ3) is 2.08. The van der Waals surface area contributed by atoms with Crippen LogP contribution in [0.3, 0.4) is 0 Å². The van der Waals surface area contributed by atoms with Gasteiger partial charge in [-0.2, -0.15) is 0 Å². The summed E-state index contributed by atoms with van der Waals surface area (Å²) in [5, 5.41) is 7.85. The Labute approximate surface area is 79.7 Å². The zero-order valence-electron chi connectivity index (χ0n) is 8.68. The minimum atomic E-state index is 0.571. The van der Waals surface area contributed by atoms with E-state index in [1.165, 1.54) is 5.56 Å². The Bertz CT molecular complexity index is 327. The second kappa shape index (κ2) is 3.60. The lowest BCUT2D eigenvalue weighted by molar-refractivity contribution is 0.618. The first-order valence-electron chi connectivity index (χ1n) is 4.36. The molecule has 0 amide bonds. The molecule has 0 bridgehead atoms. The van der Waals surface area contributed by atoms with Crippen molar-refractivity contribution in [1.29, 1.82) is 5.41 Å². The first-order valence-corrected chi connectivity index (χ1v) is 4.36. The molecule has 0 saturated carbocycles. The molecule has 1 aromatic carbocycles. The summed E-state index contributed by atoms with van der Waals surface area (Å²) in [6, 6.07) is 6.18. The van der Waals surface area contributed by atoms with Crippen LogP contribution < -0.4 is 0 Å². The molecule has 0 fully saturated rings. The number of aryl methyl sites for hydroxylation is 2. The van der Waals surface area contributed by atoms with E-state index in [0.717, 1.165) is 11.1 Å². The second-order valence-corrected chi connectivity index (χ2v) is 3.56. The van der Waals surface area contributed by atoms with Crippen molar-refractivity contribution in [3.8, 4) is 0 Å². The minimum Gasteiger partial charge on any atom is -0.363 e. The smallest absolute Gasteiger partial charge is 0.127 e. The van der Waals surface area contributed by atoms with Crippen LogP contribution in [0.2, 0.25) is 0 Å². The predicted octanol–water partition coefficient (Wildman–Crippen LogP) is 2.19. The molecule has 0 unspecified atom stereocenters. The second-order valence-electron chi connectivity index (χ2n) is 3.56. The molecule has 2 nitrogen and oxygen atoms in total. The van der Waals surface area contributed by atoms with Crippen LogP contribution in [-0.4, -0.2) is 24.8 Å². The molecule has 0 heterocycles. The van der Waals surface area contributed by atoms with Crippen molar-refractivity contribution >= 4 is 5.84 Å². The topological polar surface area (TPSA) is 27.1 Å². The van der Waals surface area contributed by atoms with E-state index in [9.17, 15) is 0 Å². The Kier molecular flexibility index (Phi) is 2.71. The molecule has 0 radical (unpaired) electrons. The third-order valence-corrected chi connectivity index (χ3v) is 2.10. The highest BCUT2D eigenvalue weighted by atomic mass is 15.1. The maximum Gasteiger partial charge on any atom is 0.127 e. The number of benzene rings is 1. The first-order chi connectivity index (χ1) is 6.02. The Hall–Kier alpha value is -1.31. The van der Waals surface area contributed by atoms with Crippen LogP contribution >= 0.6 is 0 Å². The van der Waals surface area contributed by atoms with E-state index in [2.05, 4.69) is 18.2 Å². The Morgan fingerprint density at radius 1 is 1.23 bits per heavy atom. The van der Waals surface area contributed by atoms with Crippen LogP contribution in [0.15, 0.2) is 18.2 Å². The molecular weight excluding hydrogens is 160 g/mol. The van der Waals surface area contributed by atoms with Gasteiger partial charge in [0.1, 0.15) is 5.84 Å². The predicted molar refractivity (Wildman–Crippen MR) is 56.4 cm³/mol. The van der Waals surface area contributed by atoms with Gasteiger partial charge in [0.15, 0.2) is 0 Å². The first kappa shape index (κ1) is 9.78. The lowest BCUT2D eigenvalue weighted by Crippen LogP contribution is -2.22. The number of nitrogens with one attached hydrogen (secondary N) is 1. The summed E-state index contributed by atoms with van der Waals surface area (Å²) in [7, 11) is 3.79. The van der Waals surface area contributed by atoms with Crippen LogP contribution in [0, 0.1) is 19.3 Å². The summed E-state index contributed by atoms with van der Waals surface area (Å²) in [5.74, 6) is 0.571. The molecule has 0 aliphatic heterocycles. The fourth-order valence-electron chi connectivity index (χ4n) is 1.23. The van der Waals surface area contributed by atoms with Crippen LogP contribution in [0.1, 0.15) is 16.7 Å². The van der Waals surface area contributed by atoms with Crippen molar-refractivity contribution in [3.63, 3.8) is 0 Å². The highest BCUT2D eigenvalue weighted by Gasteiger charge is 2.06. The molecular formula is C11H16N2. The molecule has 0 aliphatic carbocycles. The van der Waals surface area contributed by atoms with E-state index in [4.69, 9.17) is 5.41 Å². The van der Waals surface area contributed by atoms with Gasteiger partial charge in [-0.3, -0.25) is 5.41 Å². The van der Waals surface area contributed by atoms with Gasteiger partial charge in [-0.15, -0.1) is 0 Å². The van der Waals surface area contributed by atoms with E-state index in [1.54, 1.807) is 0 Å². The molecule has 0 saturated heterocycles. The Morgan fingerprint density at radius 2 is 1.85 bits per heavy atom. The summed E-state index contributed by atoms with van der Waals surface area (Å²) in [6.07, 6.45) is 0. The maximum absolute atomic E-state index is 7.85. The van der Waals surface area contributed by atoms with Crippen LogP contribution in [0.25, 0.3) is 0 Å². The molecule has 1 rings (SSSR count). The molecule has 2 heteroatoms. The highest BCUT2D eigenvalue weighted by Crippen LogP contribution is 2.11. The van der Waals surface area contributed by atoms with E-state index in [1.807, 2.05) is 32.8 Å². The fourth-order valence-corrected chi connectivity index (χ4v) is 1.23. The van der Waals surface area contributed by atoms with E-state index >= 15 is 0 Å². The van der Waals surface area contributed by atoms with Gasteiger partial charge in [0.25, 0.3) is 0 Å². The number of hydrogen-bond donors (Lipinski definition) is 1. The van der Waals surface area contributed by atoms with Gasteiger partial charge >= 0.3 is 0 Å². The zero-order chi connectivity index (χ0) is 10.0. The van der Waals surface area contributed by atoms with Crippen molar-refractivity contribution in [2.24, 2.45) is 0 Å². The zero-order valence-corrected chi connectivity index (χ0v) is 8.68. The number of hydrogen-bond acceptors (Lipinski definition) is 1. The normalized spacial score (nSPS) is 9.85. The summed E-state index contributed by atoms with van der Waals surface area (Å²) in [4.78, 5) is 1.82. The van der Waals surface area contributed by atoms with Gasteiger partial charge in [-0.1, -0.05) is 17.7 Å². The molecule has 1 N–H and O–H groups in total. The van der Waals surface area contributed by atoms with Crippen LogP contribution in [0.4, 0.5) is 0 Å². The molecule has 13 heavy (non-hydrogen) atoms. The number of rotatable bonds is 1. The molecule has 70 valence electrons. The lowest BCUT2D eigenvalue weighted by Gasteiger charge is -2.16. The van der Waals surface area contributed by atoms with E-state index in [0.29, 0.717) is 5.84 Å². The number of amidine groups is 1. The fraction of sp³-hybridized carbons (Fsp3) is 0.364. The van der Waals surface area contributed by atoms with E-state index < -0.39 is 0 Å². The van der Waals surface area contributed by atoms with Crippen LogP contribution in [0.5, 0.6) is 0 Å². The van der Waals surface area contributed by atoms with Crippen molar-refractivity contribution in [2.75, 3.05) is 14.1 Å². The van der Waals surface area contributed by atoms with Crippen molar-refractivity contribution in [2.45, 2.75) is 13.8 Å². The average molecular weight is 176 g/mol. The summed E-state index contributed by atoms with van der Waals surface area (Å²) < 4.78 is 0. The van der Waals surface area contributed by atoms with Gasteiger partial charge in [0, 0.05) is 19.7 Å². The Morgan fingerprint density at radius 3 is 2.38 bits per heavy atom. The standard InChI is InChI=1S/C11H16N2/c1-8-5-6-9(2)10(7-8)11(12)13(3)4/h5-7,12H,1-4H3. The van der Waals surface area contributed by atoms with Gasteiger partial charge in [-0.25, -0.2) is 0 Å². The van der Waals surface area contributed by atoms with Gasteiger partial charge < -0.3 is 4.90 Å².